The van der Waals surface area contributed by atoms with Gasteiger partial charge in [-0.2, -0.15) is 13.2 Å². The van der Waals surface area contributed by atoms with Crippen molar-refractivity contribution in [1.82, 2.24) is 15.0 Å². The summed E-state index contributed by atoms with van der Waals surface area (Å²) in [6.45, 7) is 6.05. The van der Waals surface area contributed by atoms with Crippen LogP contribution >= 0.6 is 11.6 Å². The molecule has 2 heterocycles. The van der Waals surface area contributed by atoms with Gasteiger partial charge in [0, 0.05) is 23.8 Å². The smallest absolute Gasteiger partial charge is 0.378 e. The van der Waals surface area contributed by atoms with E-state index in [1.807, 2.05) is 19.9 Å². The van der Waals surface area contributed by atoms with E-state index in [4.69, 9.17) is 16.3 Å². The molecule has 1 N–H and O–H groups in total. The topological polar surface area (TPSA) is 50.8 Å². The molecular weight excluding hydrogens is 355 g/mol. The number of rotatable bonds is 6. The fraction of sp³-hybridized carbons (Fsp3) is 0.412. The monoisotopic (exact) mass is 373 g/mol. The van der Waals surface area contributed by atoms with Gasteiger partial charge in [-0.25, -0.2) is 9.97 Å². The summed E-state index contributed by atoms with van der Waals surface area (Å²) in [4.78, 5) is 9.81. The molecule has 0 aliphatic carbocycles. The van der Waals surface area contributed by atoms with E-state index in [0.717, 1.165) is 5.56 Å². The second-order valence-electron chi connectivity index (χ2n) is 5.55. The van der Waals surface area contributed by atoms with E-state index in [-0.39, 0.29) is 23.2 Å². The van der Waals surface area contributed by atoms with Gasteiger partial charge in [0.05, 0.1) is 11.6 Å². The van der Waals surface area contributed by atoms with Crippen LogP contribution in [0.3, 0.4) is 0 Å². The van der Waals surface area contributed by atoms with Crippen LogP contribution in [0.15, 0.2) is 35.5 Å². The zero-order valence-corrected chi connectivity index (χ0v) is 14.8. The Hall–Kier alpha value is -1.86. The lowest BCUT2D eigenvalue weighted by Gasteiger charge is -2.21. The first-order valence-electron chi connectivity index (χ1n) is 7.77. The van der Waals surface area contributed by atoms with E-state index in [2.05, 4.69) is 15.0 Å². The molecule has 2 aromatic heterocycles. The van der Waals surface area contributed by atoms with Gasteiger partial charge in [0.1, 0.15) is 0 Å². The Morgan fingerprint density at radius 2 is 2.16 bits per heavy atom. The average molecular weight is 374 g/mol. The Balaban J connectivity index is 2.41. The molecular formula is C17H19ClF3N3O. The van der Waals surface area contributed by atoms with Crippen LogP contribution in [0.25, 0.3) is 11.2 Å². The maximum Gasteiger partial charge on any atom is 0.449 e. The van der Waals surface area contributed by atoms with Crippen molar-refractivity contribution in [2.45, 2.75) is 39.0 Å². The molecule has 4 nitrogen and oxygen atoms in total. The number of allylic oxidation sites excluding steroid dienone is 3. The summed E-state index contributed by atoms with van der Waals surface area (Å²) in [6, 6.07) is 1.62. The number of imidazole rings is 1. The van der Waals surface area contributed by atoms with Gasteiger partial charge in [0.15, 0.2) is 5.65 Å². The number of alkyl halides is 3. The molecule has 2 unspecified atom stereocenters. The third-order valence-corrected chi connectivity index (χ3v) is 3.72. The minimum atomic E-state index is -4.54. The number of halogens is 4. The summed E-state index contributed by atoms with van der Waals surface area (Å²) in [7, 11) is 0. The van der Waals surface area contributed by atoms with Crippen LogP contribution in [0, 0.1) is 0 Å². The Morgan fingerprint density at radius 1 is 1.44 bits per heavy atom. The Bertz CT molecular complexity index is 779. The lowest BCUT2D eigenvalue weighted by molar-refractivity contribution is -0.144. The molecule has 0 spiro atoms. The van der Waals surface area contributed by atoms with Crippen LogP contribution < -0.4 is 0 Å². The molecule has 0 amide bonds. The van der Waals surface area contributed by atoms with Gasteiger partial charge in [0.2, 0.25) is 5.82 Å². The van der Waals surface area contributed by atoms with Crippen LogP contribution in [0.4, 0.5) is 13.2 Å². The summed E-state index contributed by atoms with van der Waals surface area (Å²) in [6.07, 6.45) is 2.20. The standard InChI is InChI=1S/C17H19ClF3N3O/c1-4-25-11(3)13(7-5-6-10(2)18)12-8-14-15(22-9-12)24-16(23-14)17(19,20)21/h5-9,11,13H,4H2,1-3H3,(H,22,23,24)/b7-5-,10-6+. The molecule has 25 heavy (non-hydrogen) atoms. The van der Waals surface area contributed by atoms with Crippen LogP contribution in [-0.2, 0) is 10.9 Å². The fourth-order valence-corrected chi connectivity index (χ4v) is 2.52. The SMILES string of the molecule is CCOC(C)C(/C=C\C=C(/C)Cl)c1cnc2nc(C(F)(F)F)[nH]c2c1. The summed E-state index contributed by atoms with van der Waals surface area (Å²) >= 11 is 5.82. The summed E-state index contributed by atoms with van der Waals surface area (Å²) in [5.41, 5.74) is 0.984. The molecule has 0 aliphatic heterocycles. The van der Waals surface area contributed by atoms with Gasteiger partial charge in [-0.3, -0.25) is 0 Å². The average Bonchev–Trinajstić information content (AvgIpc) is 2.94. The predicted octanol–water partition coefficient (Wildman–Crippen LogP) is 5.18. The number of hydrogen-bond acceptors (Lipinski definition) is 3. The highest BCUT2D eigenvalue weighted by Crippen LogP contribution is 2.30. The number of aromatic nitrogens is 3. The van der Waals surface area contributed by atoms with Gasteiger partial charge in [-0.05, 0) is 38.5 Å². The van der Waals surface area contributed by atoms with Gasteiger partial charge in [0.25, 0.3) is 0 Å². The summed E-state index contributed by atoms with van der Waals surface area (Å²) in [5.74, 6) is -1.25. The lowest BCUT2D eigenvalue weighted by atomic mass is 9.94. The molecule has 0 aliphatic rings. The maximum absolute atomic E-state index is 12.8. The molecule has 8 heteroatoms. The summed E-state index contributed by atoms with van der Waals surface area (Å²) in [5, 5.41) is 0.621. The third-order valence-electron chi connectivity index (χ3n) is 3.59. The van der Waals surface area contributed by atoms with Crippen molar-refractivity contribution in [1.29, 1.82) is 0 Å². The lowest BCUT2D eigenvalue weighted by Crippen LogP contribution is -2.17. The van der Waals surface area contributed by atoms with Crippen molar-refractivity contribution < 1.29 is 17.9 Å². The quantitative estimate of drug-likeness (QED) is 0.709. The number of ether oxygens (including phenoxy) is 1. The first kappa shape index (κ1) is 19.5. The number of aromatic amines is 1. The van der Waals surface area contributed by atoms with Crippen LogP contribution in [0.1, 0.15) is 38.1 Å². The zero-order chi connectivity index (χ0) is 18.6. The molecule has 2 rings (SSSR count). The Kier molecular flexibility index (Phi) is 6.24. The van der Waals surface area contributed by atoms with Crippen molar-refractivity contribution in [3.05, 3.63) is 46.9 Å². The first-order valence-corrected chi connectivity index (χ1v) is 8.15. The van der Waals surface area contributed by atoms with Gasteiger partial charge >= 0.3 is 6.18 Å². The predicted molar refractivity (Wildman–Crippen MR) is 91.5 cm³/mol. The molecule has 0 saturated heterocycles. The molecule has 0 fully saturated rings. The molecule has 0 saturated carbocycles. The number of nitrogens with zero attached hydrogens (tertiary/aromatic N) is 2. The number of hydrogen-bond donors (Lipinski definition) is 1. The van der Waals surface area contributed by atoms with E-state index in [0.29, 0.717) is 11.6 Å². The molecule has 0 radical (unpaired) electrons. The minimum absolute atomic E-state index is 0.0272. The van der Waals surface area contributed by atoms with Crippen molar-refractivity contribution in [3.8, 4) is 0 Å². The number of pyridine rings is 1. The second kappa shape index (κ2) is 8.01. The molecule has 0 aromatic carbocycles. The van der Waals surface area contributed by atoms with Crippen molar-refractivity contribution in [2.75, 3.05) is 6.61 Å². The van der Waals surface area contributed by atoms with Crippen LogP contribution in [-0.4, -0.2) is 27.7 Å². The molecule has 0 bridgehead atoms. The number of nitrogens with one attached hydrogen (secondary N) is 1. The van der Waals surface area contributed by atoms with Crippen molar-refractivity contribution in [3.63, 3.8) is 0 Å². The van der Waals surface area contributed by atoms with Gasteiger partial charge in [-0.15, -0.1) is 0 Å². The third kappa shape index (κ3) is 5.06. The van der Waals surface area contributed by atoms with E-state index in [9.17, 15) is 13.2 Å². The normalized spacial score (nSPS) is 15.9. The highest BCUT2D eigenvalue weighted by molar-refractivity contribution is 6.29. The van der Waals surface area contributed by atoms with E-state index >= 15 is 0 Å². The van der Waals surface area contributed by atoms with Crippen LogP contribution in [0.2, 0.25) is 0 Å². The van der Waals surface area contributed by atoms with Crippen molar-refractivity contribution >= 4 is 22.8 Å². The van der Waals surface area contributed by atoms with Crippen molar-refractivity contribution in [2.24, 2.45) is 0 Å². The van der Waals surface area contributed by atoms with Crippen LogP contribution in [0.5, 0.6) is 0 Å². The second-order valence-corrected chi connectivity index (χ2v) is 6.14. The van der Waals surface area contributed by atoms with Gasteiger partial charge in [-0.1, -0.05) is 23.8 Å². The maximum atomic E-state index is 12.8. The molecule has 136 valence electrons. The van der Waals surface area contributed by atoms with E-state index < -0.39 is 12.0 Å². The number of H-pyrrole nitrogens is 1. The fourth-order valence-electron chi connectivity index (χ4n) is 2.45. The van der Waals surface area contributed by atoms with Gasteiger partial charge < -0.3 is 9.72 Å². The zero-order valence-electron chi connectivity index (χ0n) is 14.1. The largest absolute Gasteiger partial charge is 0.449 e. The number of fused-ring (bicyclic) bond motifs is 1. The Morgan fingerprint density at radius 3 is 2.76 bits per heavy atom. The highest BCUT2D eigenvalue weighted by atomic mass is 35.5. The molecule has 2 atom stereocenters. The molecule has 2 aromatic rings. The van der Waals surface area contributed by atoms with E-state index in [1.165, 1.54) is 6.20 Å². The Labute approximate surface area is 148 Å². The summed E-state index contributed by atoms with van der Waals surface area (Å²) < 4.78 is 44.0. The minimum Gasteiger partial charge on any atom is -0.378 e. The first-order chi connectivity index (χ1) is 11.7. The highest BCUT2D eigenvalue weighted by Gasteiger charge is 2.35. The van der Waals surface area contributed by atoms with E-state index in [1.54, 1.807) is 25.1 Å².